The predicted molar refractivity (Wildman–Crippen MR) is 105 cm³/mol. The number of nitrogens with one attached hydrogen (secondary N) is 2. The van der Waals surface area contributed by atoms with Gasteiger partial charge in [-0.25, -0.2) is 4.98 Å². The average molecular weight is 380 g/mol. The fourth-order valence-electron chi connectivity index (χ4n) is 2.59. The summed E-state index contributed by atoms with van der Waals surface area (Å²) in [6, 6.07) is 9.39. The zero-order chi connectivity index (χ0) is 19.9. The third-order valence-electron chi connectivity index (χ3n) is 4.19. The summed E-state index contributed by atoms with van der Waals surface area (Å²) in [7, 11) is 0. The van der Waals surface area contributed by atoms with Gasteiger partial charge in [0.2, 0.25) is 5.89 Å². The van der Waals surface area contributed by atoms with E-state index in [1.165, 1.54) is 0 Å². The minimum absolute atomic E-state index is 0.0572. The van der Waals surface area contributed by atoms with Crippen LogP contribution in [0.25, 0.3) is 0 Å². The smallest absolute Gasteiger partial charge is 0.253 e. The Morgan fingerprint density at radius 3 is 2.64 bits per heavy atom. The molecule has 0 aliphatic heterocycles. The highest BCUT2D eigenvalue weighted by molar-refractivity contribution is 5.93. The fraction of sp³-hybridized carbons (Fsp3) is 0.350. The number of pyridine rings is 2. The summed E-state index contributed by atoms with van der Waals surface area (Å²) < 4.78 is 5.13. The number of rotatable bonds is 8. The topological polar surface area (TPSA) is 106 Å². The van der Waals surface area contributed by atoms with Gasteiger partial charge in [-0.1, -0.05) is 32.0 Å². The number of anilines is 1. The molecule has 0 saturated carbocycles. The van der Waals surface area contributed by atoms with E-state index in [4.69, 9.17) is 4.52 Å². The molecule has 0 aliphatic rings. The van der Waals surface area contributed by atoms with E-state index in [9.17, 15) is 4.79 Å². The first-order valence-corrected chi connectivity index (χ1v) is 9.31. The second kappa shape index (κ2) is 9.07. The van der Waals surface area contributed by atoms with Crippen LogP contribution in [0.2, 0.25) is 0 Å². The molecule has 3 aromatic heterocycles. The Morgan fingerprint density at radius 2 is 2.04 bits per heavy atom. The second-order valence-corrected chi connectivity index (χ2v) is 6.68. The Kier molecular flexibility index (Phi) is 6.31. The van der Waals surface area contributed by atoms with E-state index < -0.39 is 0 Å². The van der Waals surface area contributed by atoms with Crippen LogP contribution in [0, 0.1) is 0 Å². The van der Waals surface area contributed by atoms with Gasteiger partial charge in [0.1, 0.15) is 5.82 Å². The van der Waals surface area contributed by atoms with Crippen LogP contribution < -0.4 is 10.6 Å². The van der Waals surface area contributed by atoms with Gasteiger partial charge in [-0.2, -0.15) is 4.98 Å². The van der Waals surface area contributed by atoms with Crippen molar-refractivity contribution in [3.8, 4) is 0 Å². The SMILES string of the molecule is CC[C@@H](Nc1ccc(C(=O)NCc2noc(C(C)C)n2)cn1)c1ccccn1. The molecule has 0 radical (unpaired) electrons. The highest BCUT2D eigenvalue weighted by Gasteiger charge is 2.13. The van der Waals surface area contributed by atoms with Crippen LogP contribution in [0.5, 0.6) is 0 Å². The van der Waals surface area contributed by atoms with Crippen molar-refractivity contribution in [2.24, 2.45) is 0 Å². The second-order valence-electron chi connectivity index (χ2n) is 6.68. The number of hydrogen-bond donors (Lipinski definition) is 2. The van der Waals surface area contributed by atoms with Gasteiger partial charge < -0.3 is 15.2 Å². The summed E-state index contributed by atoms with van der Waals surface area (Å²) in [5, 5.41) is 9.97. The number of hydrogen-bond acceptors (Lipinski definition) is 7. The molecule has 0 spiro atoms. The molecule has 8 nitrogen and oxygen atoms in total. The maximum absolute atomic E-state index is 12.3. The monoisotopic (exact) mass is 380 g/mol. The van der Waals surface area contributed by atoms with Crippen molar-refractivity contribution in [1.82, 2.24) is 25.4 Å². The van der Waals surface area contributed by atoms with E-state index in [2.05, 4.69) is 37.7 Å². The minimum atomic E-state index is -0.244. The summed E-state index contributed by atoms with van der Waals surface area (Å²) in [4.78, 5) is 25.3. The number of amides is 1. The maximum Gasteiger partial charge on any atom is 0.253 e. The number of nitrogens with zero attached hydrogens (tertiary/aromatic N) is 4. The normalized spacial score (nSPS) is 12.0. The molecule has 0 unspecified atom stereocenters. The van der Waals surface area contributed by atoms with Gasteiger partial charge in [0.25, 0.3) is 5.91 Å². The Bertz CT molecular complexity index is 893. The van der Waals surface area contributed by atoms with Crippen molar-refractivity contribution in [3.05, 3.63) is 65.7 Å². The Hall–Kier alpha value is -3.29. The molecule has 1 amide bonds. The van der Waals surface area contributed by atoms with E-state index in [0.717, 1.165) is 12.1 Å². The number of carbonyl (C=O) groups is 1. The number of carbonyl (C=O) groups excluding carboxylic acids is 1. The zero-order valence-electron chi connectivity index (χ0n) is 16.2. The van der Waals surface area contributed by atoms with E-state index in [0.29, 0.717) is 23.1 Å². The van der Waals surface area contributed by atoms with Gasteiger partial charge in [0.05, 0.1) is 23.8 Å². The molecule has 3 aromatic rings. The van der Waals surface area contributed by atoms with Crippen LogP contribution >= 0.6 is 0 Å². The first kappa shape index (κ1) is 19.5. The number of aromatic nitrogens is 4. The lowest BCUT2D eigenvalue weighted by Gasteiger charge is -2.17. The average Bonchev–Trinajstić information content (AvgIpc) is 3.21. The highest BCUT2D eigenvalue weighted by atomic mass is 16.5. The molecule has 0 saturated heterocycles. The lowest BCUT2D eigenvalue weighted by Crippen LogP contribution is -2.23. The van der Waals surface area contributed by atoms with E-state index in [1.54, 1.807) is 24.5 Å². The van der Waals surface area contributed by atoms with Crippen molar-refractivity contribution >= 4 is 11.7 Å². The van der Waals surface area contributed by atoms with Gasteiger partial charge in [-0.15, -0.1) is 0 Å². The molecule has 0 fully saturated rings. The third kappa shape index (κ3) is 4.91. The first-order valence-electron chi connectivity index (χ1n) is 9.31. The quantitative estimate of drug-likeness (QED) is 0.616. The van der Waals surface area contributed by atoms with Crippen molar-refractivity contribution in [2.75, 3.05) is 5.32 Å². The molecule has 2 N–H and O–H groups in total. The molecule has 0 aromatic carbocycles. The highest BCUT2D eigenvalue weighted by Crippen LogP contribution is 2.19. The van der Waals surface area contributed by atoms with E-state index in [1.807, 2.05) is 32.0 Å². The minimum Gasteiger partial charge on any atom is -0.362 e. The largest absolute Gasteiger partial charge is 0.362 e. The molecule has 0 bridgehead atoms. The van der Waals surface area contributed by atoms with Crippen LogP contribution in [0.3, 0.4) is 0 Å². The molecule has 1 atom stereocenters. The van der Waals surface area contributed by atoms with Crippen molar-refractivity contribution < 1.29 is 9.32 Å². The zero-order valence-corrected chi connectivity index (χ0v) is 16.2. The summed E-state index contributed by atoms with van der Waals surface area (Å²) >= 11 is 0. The van der Waals surface area contributed by atoms with E-state index >= 15 is 0 Å². The van der Waals surface area contributed by atoms with Crippen LogP contribution in [0.4, 0.5) is 5.82 Å². The third-order valence-corrected chi connectivity index (χ3v) is 4.19. The first-order chi connectivity index (χ1) is 13.6. The molecular weight excluding hydrogens is 356 g/mol. The van der Waals surface area contributed by atoms with Crippen LogP contribution in [-0.2, 0) is 6.54 Å². The predicted octanol–water partition coefficient (Wildman–Crippen LogP) is 3.48. The lowest BCUT2D eigenvalue weighted by molar-refractivity contribution is 0.0949. The van der Waals surface area contributed by atoms with Crippen LogP contribution in [0.1, 0.15) is 66.9 Å². The standard InChI is InChI=1S/C20H24N6O2/c1-4-15(16-7-5-6-10-21-16)24-17-9-8-14(11-22-17)19(27)23-12-18-25-20(13(2)3)28-26-18/h5-11,13,15H,4,12H2,1-3H3,(H,22,24)(H,23,27)/t15-/m1/s1. The summed E-state index contributed by atoms with van der Waals surface area (Å²) in [5.41, 5.74) is 1.42. The van der Waals surface area contributed by atoms with Crippen molar-refractivity contribution in [3.63, 3.8) is 0 Å². The molecule has 8 heteroatoms. The Morgan fingerprint density at radius 1 is 1.18 bits per heavy atom. The van der Waals surface area contributed by atoms with Gasteiger partial charge in [-0.3, -0.25) is 9.78 Å². The lowest BCUT2D eigenvalue weighted by atomic mass is 10.1. The van der Waals surface area contributed by atoms with Crippen molar-refractivity contribution in [2.45, 2.75) is 45.7 Å². The van der Waals surface area contributed by atoms with Crippen molar-refractivity contribution in [1.29, 1.82) is 0 Å². The molecule has 146 valence electrons. The molecule has 3 heterocycles. The van der Waals surface area contributed by atoms with Gasteiger partial charge in [0, 0.05) is 18.3 Å². The van der Waals surface area contributed by atoms with Gasteiger partial charge >= 0.3 is 0 Å². The molecule has 0 aliphatic carbocycles. The Labute approximate surface area is 163 Å². The summed E-state index contributed by atoms with van der Waals surface area (Å²) in [5.74, 6) is 1.60. The molecular formula is C20H24N6O2. The van der Waals surface area contributed by atoms with Crippen LogP contribution in [0.15, 0.2) is 47.2 Å². The molecule has 28 heavy (non-hydrogen) atoms. The summed E-state index contributed by atoms with van der Waals surface area (Å²) in [6.45, 7) is 6.21. The van der Waals surface area contributed by atoms with Gasteiger partial charge in [-0.05, 0) is 30.7 Å². The van der Waals surface area contributed by atoms with Crippen LogP contribution in [-0.4, -0.2) is 26.0 Å². The Balaban J connectivity index is 1.57. The fourth-order valence-corrected chi connectivity index (χ4v) is 2.59. The maximum atomic E-state index is 12.3. The van der Waals surface area contributed by atoms with Gasteiger partial charge in [0.15, 0.2) is 5.82 Å². The summed E-state index contributed by atoms with van der Waals surface area (Å²) in [6.07, 6.45) is 4.18. The van der Waals surface area contributed by atoms with E-state index in [-0.39, 0.29) is 24.4 Å². The molecule has 3 rings (SSSR count).